The van der Waals surface area contributed by atoms with E-state index in [-0.39, 0.29) is 17.0 Å². The molecule has 1 saturated heterocycles. The van der Waals surface area contributed by atoms with Crippen LogP contribution in [0.25, 0.3) is 10.9 Å². The summed E-state index contributed by atoms with van der Waals surface area (Å²) < 4.78 is 5.60. The highest BCUT2D eigenvalue weighted by atomic mass is 16.5. The Hall–Kier alpha value is -2.39. The van der Waals surface area contributed by atoms with Gasteiger partial charge in [0.1, 0.15) is 11.6 Å². The molecule has 1 aliphatic rings. The van der Waals surface area contributed by atoms with Crippen LogP contribution in [-0.4, -0.2) is 40.9 Å². The van der Waals surface area contributed by atoms with Crippen LogP contribution < -0.4 is 4.90 Å². The van der Waals surface area contributed by atoms with Gasteiger partial charge in [-0.3, -0.25) is 4.98 Å². The maximum Gasteiger partial charge on any atom is 0.232 e. The second kappa shape index (κ2) is 6.25. The van der Waals surface area contributed by atoms with Gasteiger partial charge < -0.3 is 14.7 Å². The number of hydrogen-bond donors (Lipinski definition) is 1. The highest BCUT2D eigenvalue weighted by molar-refractivity contribution is 5.95. The van der Waals surface area contributed by atoms with E-state index in [0.717, 1.165) is 49.1 Å². The van der Waals surface area contributed by atoms with Gasteiger partial charge >= 0.3 is 0 Å². The molecule has 1 fully saturated rings. The molecule has 3 rings (SSSR count). The quantitative estimate of drug-likeness (QED) is 0.934. The molecule has 0 saturated carbocycles. The number of ether oxygens (including phenoxy) is 1. The van der Waals surface area contributed by atoms with E-state index in [4.69, 9.17) is 4.74 Å². The van der Waals surface area contributed by atoms with Crippen LogP contribution in [0.1, 0.15) is 37.9 Å². The molecule has 2 aromatic rings. The number of hydrogen-bond acceptors (Lipinski definition) is 6. The Labute approximate surface area is 141 Å². The van der Waals surface area contributed by atoms with Crippen molar-refractivity contribution in [3.8, 4) is 11.9 Å². The van der Waals surface area contributed by atoms with Gasteiger partial charge in [-0.05, 0) is 32.3 Å². The Balaban J connectivity index is 2.13. The SMILES string of the molecule is CCc1cc2c(N3CCC(C)(OC)CC3)c(C#N)c(O)nc2cn1. The van der Waals surface area contributed by atoms with Crippen LogP contribution in [0.15, 0.2) is 12.3 Å². The molecular weight excluding hydrogens is 304 g/mol. The fourth-order valence-electron chi connectivity index (χ4n) is 3.21. The molecule has 3 heterocycles. The molecule has 2 aromatic heterocycles. The average molecular weight is 326 g/mol. The van der Waals surface area contributed by atoms with Crippen LogP contribution in [0.4, 0.5) is 5.69 Å². The van der Waals surface area contributed by atoms with Crippen molar-refractivity contribution < 1.29 is 9.84 Å². The lowest BCUT2D eigenvalue weighted by atomic mass is 9.92. The molecule has 0 aromatic carbocycles. The van der Waals surface area contributed by atoms with Crippen molar-refractivity contribution in [3.63, 3.8) is 0 Å². The molecule has 6 heteroatoms. The molecule has 0 amide bonds. The van der Waals surface area contributed by atoms with E-state index in [0.29, 0.717) is 5.52 Å². The zero-order valence-corrected chi connectivity index (χ0v) is 14.3. The lowest BCUT2D eigenvalue weighted by molar-refractivity contribution is -0.0132. The molecule has 0 unspecified atom stereocenters. The van der Waals surface area contributed by atoms with Gasteiger partial charge in [-0.25, -0.2) is 4.98 Å². The van der Waals surface area contributed by atoms with E-state index >= 15 is 0 Å². The first-order valence-electron chi connectivity index (χ1n) is 8.23. The molecule has 0 atom stereocenters. The van der Waals surface area contributed by atoms with Crippen molar-refractivity contribution in [1.82, 2.24) is 9.97 Å². The minimum atomic E-state index is -0.230. The molecule has 0 aliphatic carbocycles. The highest BCUT2D eigenvalue weighted by Crippen LogP contribution is 2.37. The third-order valence-electron chi connectivity index (χ3n) is 4.99. The molecule has 1 N–H and O–H groups in total. The molecule has 6 nitrogen and oxygen atoms in total. The van der Waals surface area contributed by atoms with Crippen LogP contribution in [0.5, 0.6) is 5.88 Å². The first-order valence-corrected chi connectivity index (χ1v) is 8.23. The lowest BCUT2D eigenvalue weighted by Gasteiger charge is -2.40. The number of nitriles is 1. The number of rotatable bonds is 3. The highest BCUT2D eigenvalue weighted by Gasteiger charge is 2.32. The van der Waals surface area contributed by atoms with Gasteiger partial charge in [-0.2, -0.15) is 5.26 Å². The van der Waals surface area contributed by atoms with Crippen molar-refractivity contribution >= 4 is 16.6 Å². The average Bonchev–Trinajstić information content (AvgIpc) is 2.61. The van der Waals surface area contributed by atoms with Crippen molar-refractivity contribution in [2.24, 2.45) is 0 Å². The normalized spacial score (nSPS) is 17.0. The number of anilines is 1. The lowest BCUT2D eigenvalue weighted by Crippen LogP contribution is -2.44. The number of aromatic nitrogens is 2. The van der Waals surface area contributed by atoms with E-state index in [1.165, 1.54) is 0 Å². The first kappa shape index (κ1) is 16.5. The zero-order valence-electron chi connectivity index (χ0n) is 14.3. The monoisotopic (exact) mass is 326 g/mol. The third-order valence-corrected chi connectivity index (χ3v) is 4.99. The summed E-state index contributed by atoms with van der Waals surface area (Å²) in [6.45, 7) is 5.68. The summed E-state index contributed by atoms with van der Waals surface area (Å²) in [4.78, 5) is 10.6. The maximum absolute atomic E-state index is 10.2. The number of pyridine rings is 2. The Morgan fingerprint density at radius 2 is 2.12 bits per heavy atom. The summed E-state index contributed by atoms with van der Waals surface area (Å²) in [6.07, 6.45) is 4.21. The molecule has 0 bridgehead atoms. The van der Waals surface area contributed by atoms with Gasteiger partial charge in [0.05, 0.1) is 23.0 Å². The van der Waals surface area contributed by atoms with E-state index in [9.17, 15) is 10.4 Å². The van der Waals surface area contributed by atoms with E-state index in [1.54, 1.807) is 13.3 Å². The number of piperidine rings is 1. The Bertz CT molecular complexity index is 805. The minimum absolute atomic E-state index is 0.135. The van der Waals surface area contributed by atoms with Crippen molar-refractivity contribution in [1.29, 1.82) is 5.26 Å². The predicted molar refractivity (Wildman–Crippen MR) is 92.2 cm³/mol. The van der Waals surface area contributed by atoms with Crippen LogP contribution >= 0.6 is 0 Å². The van der Waals surface area contributed by atoms with Crippen LogP contribution in [0.3, 0.4) is 0 Å². The fourth-order valence-corrected chi connectivity index (χ4v) is 3.21. The summed E-state index contributed by atoms with van der Waals surface area (Å²) in [5.74, 6) is -0.230. The van der Waals surface area contributed by atoms with Crippen LogP contribution in [0.2, 0.25) is 0 Å². The van der Waals surface area contributed by atoms with Gasteiger partial charge in [-0.15, -0.1) is 0 Å². The first-order chi connectivity index (χ1) is 11.5. The van der Waals surface area contributed by atoms with Gasteiger partial charge in [0.15, 0.2) is 0 Å². The summed E-state index contributed by atoms with van der Waals surface area (Å²) >= 11 is 0. The molecule has 24 heavy (non-hydrogen) atoms. The topological polar surface area (TPSA) is 82.3 Å². The number of aryl methyl sites for hydroxylation is 1. The van der Waals surface area contributed by atoms with Crippen LogP contribution in [-0.2, 0) is 11.2 Å². The number of methoxy groups -OCH3 is 1. The Morgan fingerprint density at radius 3 is 2.71 bits per heavy atom. The number of aromatic hydroxyl groups is 1. The van der Waals surface area contributed by atoms with Crippen molar-refractivity contribution in [2.75, 3.05) is 25.1 Å². The zero-order chi connectivity index (χ0) is 17.3. The standard InChI is InChI=1S/C18H22N4O2/c1-4-12-9-13-15(11-20-12)21-17(23)14(10-19)16(13)22-7-5-18(2,24-3)6-8-22/h9,11H,4-8H2,1-3H3,(H,21,23). The molecule has 126 valence electrons. The summed E-state index contributed by atoms with van der Waals surface area (Å²) in [7, 11) is 1.74. The van der Waals surface area contributed by atoms with E-state index in [2.05, 4.69) is 27.9 Å². The fraction of sp³-hybridized carbons (Fsp3) is 0.500. The van der Waals surface area contributed by atoms with Gasteiger partial charge in [0, 0.05) is 31.3 Å². The van der Waals surface area contributed by atoms with Gasteiger partial charge in [0.2, 0.25) is 5.88 Å². The second-order valence-electron chi connectivity index (χ2n) is 6.46. The molecule has 0 spiro atoms. The predicted octanol–water partition coefficient (Wildman–Crippen LogP) is 2.77. The van der Waals surface area contributed by atoms with Crippen molar-refractivity contribution in [2.45, 2.75) is 38.7 Å². The largest absolute Gasteiger partial charge is 0.492 e. The minimum Gasteiger partial charge on any atom is -0.492 e. The Morgan fingerprint density at radius 1 is 1.42 bits per heavy atom. The van der Waals surface area contributed by atoms with Crippen LogP contribution in [0, 0.1) is 11.3 Å². The van der Waals surface area contributed by atoms with Gasteiger partial charge in [-0.1, -0.05) is 6.92 Å². The summed E-state index contributed by atoms with van der Waals surface area (Å²) in [5, 5.41) is 20.6. The van der Waals surface area contributed by atoms with Gasteiger partial charge in [0.25, 0.3) is 0 Å². The number of fused-ring (bicyclic) bond motifs is 1. The van der Waals surface area contributed by atoms with E-state index < -0.39 is 0 Å². The molecular formula is C18H22N4O2. The van der Waals surface area contributed by atoms with Crippen molar-refractivity contribution in [3.05, 3.63) is 23.5 Å². The molecule has 0 radical (unpaired) electrons. The smallest absolute Gasteiger partial charge is 0.232 e. The second-order valence-corrected chi connectivity index (χ2v) is 6.46. The number of nitrogens with zero attached hydrogens (tertiary/aromatic N) is 4. The molecule has 1 aliphatic heterocycles. The summed E-state index contributed by atoms with van der Waals surface area (Å²) in [6, 6.07) is 4.09. The third kappa shape index (κ3) is 2.76. The Kier molecular flexibility index (Phi) is 4.29. The maximum atomic E-state index is 10.2. The summed E-state index contributed by atoms with van der Waals surface area (Å²) in [5.41, 5.74) is 2.41. The van der Waals surface area contributed by atoms with E-state index in [1.807, 2.05) is 13.0 Å².